The Morgan fingerprint density at radius 2 is 1.87 bits per heavy atom. The molecule has 2 heterocycles. The van der Waals surface area contributed by atoms with E-state index >= 15 is 0 Å². The smallest absolute Gasteiger partial charge is 0.326 e. The number of nitrogens with zero attached hydrogens (tertiary/aromatic N) is 2. The highest BCUT2D eigenvalue weighted by Gasteiger charge is 2.34. The third-order valence-corrected chi connectivity index (χ3v) is 6.42. The quantitative estimate of drug-likeness (QED) is 0.667. The summed E-state index contributed by atoms with van der Waals surface area (Å²) in [5.74, 6) is -0.101. The molecule has 0 unspecified atom stereocenters. The summed E-state index contributed by atoms with van der Waals surface area (Å²) in [6.07, 6.45) is 6.10. The Bertz CT molecular complexity index is 915. The zero-order valence-electron chi connectivity index (χ0n) is 18.4. The highest BCUT2D eigenvalue weighted by molar-refractivity contribution is 5.98. The minimum Gasteiger partial charge on any atom is -0.376 e. The molecule has 2 atom stereocenters. The molecule has 0 bridgehead atoms. The van der Waals surface area contributed by atoms with Gasteiger partial charge in [0.25, 0.3) is 5.91 Å². The third kappa shape index (κ3) is 4.77. The summed E-state index contributed by atoms with van der Waals surface area (Å²) in [5.41, 5.74) is 1.77. The number of hydrogen-bond acceptors (Lipinski definition) is 4. The number of amides is 1. The van der Waals surface area contributed by atoms with Crippen molar-refractivity contribution in [3.8, 4) is 11.3 Å². The number of aromatic amines is 1. The van der Waals surface area contributed by atoms with Crippen LogP contribution < -0.4 is 11.0 Å². The van der Waals surface area contributed by atoms with E-state index in [1.807, 2.05) is 39.8 Å². The average molecular weight is 427 g/mol. The summed E-state index contributed by atoms with van der Waals surface area (Å²) < 4.78 is 8.07. The normalized spacial score (nSPS) is 21.9. The molecular formula is C24H34N4O3. The lowest BCUT2D eigenvalue weighted by atomic mass is 9.91. The first kappa shape index (κ1) is 21.8. The van der Waals surface area contributed by atoms with Crippen molar-refractivity contribution in [1.82, 2.24) is 19.8 Å². The standard InChI is InChI=1S/C24H34N4O3/c1-2-3-17-31-20-12-8-7-11-19(20)28-22(18-9-5-4-6-10-18)21(26-24(28)30)23(29)27-15-13-25-14-16-27/h4-6,9-10,19-20,25H,2-3,7-8,11-17H2,1H3,(H,26,30)/t19-,20-/m1/s1. The van der Waals surface area contributed by atoms with E-state index < -0.39 is 0 Å². The summed E-state index contributed by atoms with van der Waals surface area (Å²) >= 11 is 0. The fourth-order valence-electron chi connectivity index (χ4n) is 4.77. The first-order valence-electron chi connectivity index (χ1n) is 11.7. The Labute approximate surface area is 183 Å². The lowest BCUT2D eigenvalue weighted by molar-refractivity contribution is -0.00751. The number of rotatable bonds is 7. The second kappa shape index (κ2) is 10.3. The molecule has 1 aromatic carbocycles. The molecule has 2 aromatic rings. The van der Waals surface area contributed by atoms with Crippen molar-refractivity contribution in [3.05, 3.63) is 46.5 Å². The number of carbonyl (C=O) groups excluding carboxylic acids is 1. The van der Waals surface area contributed by atoms with Crippen molar-refractivity contribution in [1.29, 1.82) is 0 Å². The SMILES string of the molecule is CCCCO[C@@H]1CCCC[C@H]1n1c(-c2ccccc2)c(C(=O)N2CCNCC2)[nH]c1=O. The summed E-state index contributed by atoms with van der Waals surface area (Å²) in [7, 11) is 0. The van der Waals surface area contributed by atoms with Crippen molar-refractivity contribution >= 4 is 5.91 Å². The monoisotopic (exact) mass is 426 g/mol. The molecule has 2 aliphatic rings. The first-order chi connectivity index (χ1) is 15.2. The fraction of sp³-hybridized carbons (Fsp3) is 0.583. The van der Waals surface area contributed by atoms with Gasteiger partial charge in [0.05, 0.1) is 17.8 Å². The predicted molar refractivity (Wildman–Crippen MR) is 121 cm³/mol. The van der Waals surface area contributed by atoms with E-state index in [4.69, 9.17) is 4.74 Å². The van der Waals surface area contributed by atoms with Crippen LogP contribution in [0.3, 0.4) is 0 Å². The van der Waals surface area contributed by atoms with E-state index in [0.29, 0.717) is 31.1 Å². The second-order valence-corrected chi connectivity index (χ2v) is 8.55. The van der Waals surface area contributed by atoms with Gasteiger partial charge in [-0.1, -0.05) is 56.5 Å². The van der Waals surface area contributed by atoms with Crippen LogP contribution in [0.1, 0.15) is 62.0 Å². The summed E-state index contributed by atoms with van der Waals surface area (Å²) in [4.78, 5) is 31.4. The molecule has 0 radical (unpaired) electrons. The van der Waals surface area contributed by atoms with Gasteiger partial charge in [-0.25, -0.2) is 4.79 Å². The molecule has 1 amide bonds. The van der Waals surface area contributed by atoms with Gasteiger partial charge in [-0.3, -0.25) is 9.36 Å². The van der Waals surface area contributed by atoms with Crippen LogP contribution >= 0.6 is 0 Å². The molecular weight excluding hydrogens is 392 g/mol. The minimum absolute atomic E-state index is 0.00148. The van der Waals surface area contributed by atoms with Gasteiger partial charge in [0.2, 0.25) is 0 Å². The summed E-state index contributed by atoms with van der Waals surface area (Å²) in [6, 6.07) is 9.74. The molecule has 2 fully saturated rings. The zero-order chi connectivity index (χ0) is 21.6. The van der Waals surface area contributed by atoms with E-state index in [1.165, 1.54) is 0 Å². The van der Waals surface area contributed by atoms with Crippen molar-refractivity contribution in [2.45, 2.75) is 57.6 Å². The number of ether oxygens (including phenoxy) is 1. The van der Waals surface area contributed by atoms with Crippen LogP contribution in [0.2, 0.25) is 0 Å². The van der Waals surface area contributed by atoms with Crippen LogP contribution in [0.4, 0.5) is 0 Å². The van der Waals surface area contributed by atoms with Crippen LogP contribution in [0, 0.1) is 0 Å². The van der Waals surface area contributed by atoms with Crippen LogP contribution in [-0.2, 0) is 4.74 Å². The van der Waals surface area contributed by atoms with Crippen LogP contribution in [0.25, 0.3) is 11.3 Å². The Balaban J connectivity index is 1.75. The van der Waals surface area contributed by atoms with E-state index in [9.17, 15) is 9.59 Å². The molecule has 1 aliphatic carbocycles. The molecule has 4 rings (SSSR count). The van der Waals surface area contributed by atoms with Crippen LogP contribution in [-0.4, -0.2) is 59.2 Å². The van der Waals surface area contributed by atoms with E-state index in [-0.39, 0.29) is 23.7 Å². The van der Waals surface area contributed by atoms with Gasteiger partial charge in [0, 0.05) is 38.3 Å². The maximum absolute atomic E-state index is 13.4. The second-order valence-electron chi connectivity index (χ2n) is 8.55. The Hall–Kier alpha value is -2.38. The molecule has 1 aliphatic heterocycles. The highest BCUT2D eigenvalue weighted by atomic mass is 16.5. The molecule has 2 N–H and O–H groups in total. The van der Waals surface area contributed by atoms with Gasteiger partial charge >= 0.3 is 5.69 Å². The molecule has 1 saturated carbocycles. The molecule has 7 heteroatoms. The number of hydrogen-bond donors (Lipinski definition) is 2. The lowest BCUT2D eigenvalue weighted by Crippen LogP contribution is -2.46. The van der Waals surface area contributed by atoms with Gasteiger partial charge < -0.3 is 19.9 Å². The number of imidazole rings is 1. The Kier molecular flexibility index (Phi) is 7.25. The van der Waals surface area contributed by atoms with Crippen LogP contribution in [0.5, 0.6) is 0 Å². The lowest BCUT2D eigenvalue weighted by Gasteiger charge is -2.33. The predicted octanol–water partition coefficient (Wildman–Crippen LogP) is 3.19. The highest BCUT2D eigenvalue weighted by Crippen LogP contribution is 2.35. The fourth-order valence-corrected chi connectivity index (χ4v) is 4.77. The van der Waals surface area contributed by atoms with E-state index in [0.717, 1.165) is 57.2 Å². The first-order valence-corrected chi connectivity index (χ1v) is 11.7. The molecule has 1 saturated heterocycles. The van der Waals surface area contributed by atoms with E-state index in [2.05, 4.69) is 17.2 Å². The number of carbonyl (C=O) groups is 1. The zero-order valence-corrected chi connectivity index (χ0v) is 18.4. The van der Waals surface area contributed by atoms with E-state index in [1.54, 1.807) is 0 Å². The van der Waals surface area contributed by atoms with Crippen LogP contribution in [0.15, 0.2) is 35.1 Å². The average Bonchev–Trinajstić information content (AvgIpc) is 3.17. The molecule has 1 aromatic heterocycles. The van der Waals surface area contributed by atoms with Gasteiger partial charge in [-0.15, -0.1) is 0 Å². The summed E-state index contributed by atoms with van der Waals surface area (Å²) in [6.45, 7) is 5.70. The van der Waals surface area contributed by atoms with Crippen molar-refractivity contribution in [3.63, 3.8) is 0 Å². The van der Waals surface area contributed by atoms with Crippen molar-refractivity contribution in [2.24, 2.45) is 0 Å². The van der Waals surface area contributed by atoms with Gasteiger partial charge in [-0.05, 0) is 19.3 Å². The molecule has 31 heavy (non-hydrogen) atoms. The molecule has 168 valence electrons. The van der Waals surface area contributed by atoms with Gasteiger partial charge in [-0.2, -0.15) is 0 Å². The summed E-state index contributed by atoms with van der Waals surface area (Å²) in [5, 5.41) is 3.28. The largest absolute Gasteiger partial charge is 0.376 e. The topological polar surface area (TPSA) is 79.4 Å². The number of nitrogens with one attached hydrogen (secondary N) is 2. The number of H-pyrrole nitrogens is 1. The van der Waals surface area contributed by atoms with Crippen molar-refractivity contribution in [2.75, 3.05) is 32.8 Å². The maximum atomic E-state index is 13.4. The minimum atomic E-state index is -0.215. The Morgan fingerprint density at radius 1 is 1.13 bits per heavy atom. The van der Waals surface area contributed by atoms with Crippen molar-refractivity contribution < 1.29 is 9.53 Å². The van der Waals surface area contributed by atoms with Gasteiger partial charge in [0.15, 0.2) is 0 Å². The Morgan fingerprint density at radius 3 is 2.61 bits per heavy atom. The maximum Gasteiger partial charge on any atom is 0.326 e. The third-order valence-electron chi connectivity index (χ3n) is 6.42. The number of aromatic nitrogens is 2. The van der Waals surface area contributed by atoms with Gasteiger partial charge in [0.1, 0.15) is 5.69 Å². The molecule has 7 nitrogen and oxygen atoms in total. The number of unbranched alkanes of at least 4 members (excludes halogenated alkanes) is 1. The molecule has 0 spiro atoms. The number of benzene rings is 1. The number of piperazine rings is 1.